The van der Waals surface area contributed by atoms with E-state index in [0.717, 1.165) is 6.42 Å². The molecule has 0 aliphatic heterocycles. The molecule has 0 aliphatic rings. The summed E-state index contributed by atoms with van der Waals surface area (Å²) in [6.45, 7) is 5.81. The first-order chi connectivity index (χ1) is 12.0. The maximum absolute atomic E-state index is 12.3. The van der Waals surface area contributed by atoms with Crippen LogP contribution in [-0.4, -0.2) is 24.6 Å². The number of rotatable bonds is 7. The van der Waals surface area contributed by atoms with E-state index in [1.807, 2.05) is 24.3 Å². The number of nitrogens with one attached hydrogen (secondary N) is 1. The Labute approximate surface area is 148 Å². The van der Waals surface area contributed by atoms with Crippen LogP contribution < -0.4 is 10.1 Å². The van der Waals surface area contributed by atoms with E-state index in [4.69, 9.17) is 9.47 Å². The van der Waals surface area contributed by atoms with Gasteiger partial charge in [-0.15, -0.1) is 0 Å². The second kappa shape index (κ2) is 8.87. The van der Waals surface area contributed by atoms with Crippen molar-refractivity contribution in [2.75, 3.05) is 11.9 Å². The lowest BCUT2D eigenvalue weighted by Crippen LogP contribution is -2.30. The maximum atomic E-state index is 12.3. The molecule has 1 unspecified atom stereocenters. The van der Waals surface area contributed by atoms with Crippen molar-refractivity contribution in [2.45, 2.75) is 33.3 Å². The fourth-order valence-corrected chi connectivity index (χ4v) is 2.24. The van der Waals surface area contributed by atoms with Crippen LogP contribution in [0.25, 0.3) is 0 Å². The number of carbonyl (C=O) groups excluding carboxylic acids is 2. The summed E-state index contributed by atoms with van der Waals surface area (Å²) in [6.07, 6.45) is 0.284. The molecule has 0 spiro atoms. The molecule has 0 fully saturated rings. The van der Waals surface area contributed by atoms with E-state index in [1.165, 1.54) is 5.56 Å². The van der Waals surface area contributed by atoms with Gasteiger partial charge >= 0.3 is 5.97 Å². The average molecular weight is 341 g/mol. The van der Waals surface area contributed by atoms with Crippen molar-refractivity contribution in [1.29, 1.82) is 0 Å². The number of anilines is 1. The number of esters is 1. The first kappa shape index (κ1) is 18.5. The third kappa shape index (κ3) is 5.35. The van der Waals surface area contributed by atoms with Gasteiger partial charge in [0.2, 0.25) is 0 Å². The monoisotopic (exact) mass is 341 g/mol. The van der Waals surface area contributed by atoms with E-state index < -0.39 is 12.1 Å². The molecule has 2 rings (SSSR count). The summed E-state index contributed by atoms with van der Waals surface area (Å²) in [5.41, 5.74) is 2.12. The molecular formula is C20H23NO4. The fourth-order valence-electron chi connectivity index (χ4n) is 2.24. The van der Waals surface area contributed by atoms with Crippen LogP contribution in [0.4, 0.5) is 5.69 Å². The summed E-state index contributed by atoms with van der Waals surface area (Å²) in [5, 5.41) is 2.75. The zero-order chi connectivity index (χ0) is 18.2. The van der Waals surface area contributed by atoms with Gasteiger partial charge < -0.3 is 14.8 Å². The molecule has 2 aromatic carbocycles. The summed E-state index contributed by atoms with van der Waals surface area (Å²) in [6, 6.07) is 14.3. The van der Waals surface area contributed by atoms with Gasteiger partial charge in [0, 0.05) is 5.69 Å². The molecule has 0 saturated carbocycles. The molecule has 0 heterocycles. The standard InChI is InChI=1S/C20H23NO4/c1-4-15-9-11-18(12-10-15)25-14(3)19(22)21-17-8-6-7-16(13-17)20(23)24-5-2/h6-14H,4-5H2,1-3H3,(H,21,22). The number of amides is 1. The highest BCUT2D eigenvalue weighted by Gasteiger charge is 2.16. The van der Waals surface area contributed by atoms with Gasteiger partial charge in [-0.05, 0) is 56.2 Å². The first-order valence-electron chi connectivity index (χ1n) is 8.37. The number of carbonyl (C=O) groups is 2. The quantitative estimate of drug-likeness (QED) is 0.777. The minimum Gasteiger partial charge on any atom is -0.481 e. The predicted octanol–water partition coefficient (Wildman–Crippen LogP) is 3.83. The van der Waals surface area contributed by atoms with Crippen molar-refractivity contribution in [1.82, 2.24) is 0 Å². The lowest BCUT2D eigenvalue weighted by Gasteiger charge is -2.15. The second-order valence-corrected chi connectivity index (χ2v) is 5.55. The van der Waals surface area contributed by atoms with Crippen LogP contribution in [0.3, 0.4) is 0 Å². The molecule has 0 aromatic heterocycles. The minimum absolute atomic E-state index is 0.291. The molecule has 132 valence electrons. The van der Waals surface area contributed by atoms with Crippen LogP contribution in [-0.2, 0) is 16.0 Å². The zero-order valence-electron chi connectivity index (χ0n) is 14.7. The first-order valence-corrected chi connectivity index (χ1v) is 8.37. The average Bonchev–Trinajstić information content (AvgIpc) is 2.62. The van der Waals surface area contributed by atoms with Crippen molar-refractivity contribution >= 4 is 17.6 Å². The van der Waals surface area contributed by atoms with Gasteiger partial charge in [-0.25, -0.2) is 4.79 Å². The van der Waals surface area contributed by atoms with Crippen molar-refractivity contribution < 1.29 is 19.1 Å². The Morgan fingerprint density at radius 3 is 2.44 bits per heavy atom. The Hall–Kier alpha value is -2.82. The maximum Gasteiger partial charge on any atom is 0.338 e. The molecule has 1 N–H and O–H groups in total. The SMILES string of the molecule is CCOC(=O)c1cccc(NC(=O)C(C)Oc2ccc(CC)cc2)c1. The number of benzene rings is 2. The Bertz CT molecular complexity index is 725. The van der Waals surface area contributed by atoms with E-state index in [-0.39, 0.29) is 5.91 Å². The summed E-state index contributed by atoms with van der Waals surface area (Å²) < 4.78 is 10.6. The smallest absolute Gasteiger partial charge is 0.338 e. The largest absolute Gasteiger partial charge is 0.481 e. The Morgan fingerprint density at radius 2 is 1.80 bits per heavy atom. The van der Waals surface area contributed by atoms with E-state index in [0.29, 0.717) is 23.6 Å². The molecule has 1 atom stereocenters. The number of aryl methyl sites for hydroxylation is 1. The van der Waals surface area contributed by atoms with E-state index in [9.17, 15) is 9.59 Å². The van der Waals surface area contributed by atoms with Crippen molar-refractivity contribution in [3.8, 4) is 5.75 Å². The highest BCUT2D eigenvalue weighted by Crippen LogP contribution is 2.16. The fraction of sp³-hybridized carbons (Fsp3) is 0.300. The third-order valence-corrected chi connectivity index (χ3v) is 3.65. The van der Waals surface area contributed by atoms with Crippen LogP contribution in [0.1, 0.15) is 36.7 Å². The van der Waals surface area contributed by atoms with E-state index in [2.05, 4.69) is 12.2 Å². The molecule has 1 amide bonds. The number of ether oxygens (including phenoxy) is 2. The van der Waals surface area contributed by atoms with Gasteiger partial charge in [-0.2, -0.15) is 0 Å². The highest BCUT2D eigenvalue weighted by molar-refractivity contribution is 5.96. The Morgan fingerprint density at radius 1 is 1.08 bits per heavy atom. The summed E-state index contributed by atoms with van der Waals surface area (Å²) in [4.78, 5) is 24.0. The molecule has 25 heavy (non-hydrogen) atoms. The molecule has 0 aliphatic carbocycles. The van der Waals surface area contributed by atoms with Crippen LogP contribution in [0.15, 0.2) is 48.5 Å². The number of hydrogen-bond donors (Lipinski definition) is 1. The Balaban J connectivity index is 1.98. The van der Waals surface area contributed by atoms with Gasteiger partial charge in [0.1, 0.15) is 5.75 Å². The highest BCUT2D eigenvalue weighted by atomic mass is 16.5. The van der Waals surface area contributed by atoms with Crippen LogP contribution in [0, 0.1) is 0 Å². The lowest BCUT2D eigenvalue weighted by atomic mass is 10.2. The van der Waals surface area contributed by atoms with Crippen LogP contribution in [0.5, 0.6) is 5.75 Å². The molecule has 5 nitrogen and oxygen atoms in total. The van der Waals surface area contributed by atoms with E-state index in [1.54, 1.807) is 38.1 Å². The molecule has 5 heteroatoms. The molecule has 2 aromatic rings. The van der Waals surface area contributed by atoms with Crippen LogP contribution >= 0.6 is 0 Å². The van der Waals surface area contributed by atoms with Gasteiger partial charge in [0.15, 0.2) is 6.10 Å². The predicted molar refractivity (Wildman–Crippen MR) is 96.9 cm³/mol. The Kier molecular flexibility index (Phi) is 6.57. The van der Waals surface area contributed by atoms with Crippen LogP contribution in [0.2, 0.25) is 0 Å². The van der Waals surface area contributed by atoms with Crippen molar-refractivity contribution in [3.05, 3.63) is 59.7 Å². The minimum atomic E-state index is -0.668. The van der Waals surface area contributed by atoms with Gasteiger partial charge in [0.05, 0.1) is 12.2 Å². The van der Waals surface area contributed by atoms with Crippen molar-refractivity contribution in [2.24, 2.45) is 0 Å². The number of hydrogen-bond acceptors (Lipinski definition) is 4. The summed E-state index contributed by atoms with van der Waals surface area (Å²) in [5.74, 6) is -0.0698. The van der Waals surface area contributed by atoms with Gasteiger partial charge in [0.25, 0.3) is 5.91 Å². The van der Waals surface area contributed by atoms with Gasteiger partial charge in [-0.3, -0.25) is 4.79 Å². The second-order valence-electron chi connectivity index (χ2n) is 5.55. The van der Waals surface area contributed by atoms with Crippen molar-refractivity contribution in [3.63, 3.8) is 0 Å². The molecular weight excluding hydrogens is 318 g/mol. The van der Waals surface area contributed by atoms with Gasteiger partial charge in [-0.1, -0.05) is 25.1 Å². The summed E-state index contributed by atoms with van der Waals surface area (Å²) >= 11 is 0. The lowest BCUT2D eigenvalue weighted by molar-refractivity contribution is -0.122. The topological polar surface area (TPSA) is 64.6 Å². The normalized spacial score (nSPS) is 11.5. The zero-order valence-corrected chi connectivity index (χ0v) is 14.7. The molecule has 0 radical (unpaired) electrons. The molecule has 0 saturated heterocycles. The summed E-state index contributed by atoms with van der Waals surface area (Å²) in [7, 11) is 0. The van der Waals surface area contributed by atoms with E-state index >= 15 is 0 Å². The molecule has 0 bridgehead atoms. The third-order valence-electron chi connectivity index (χ3n) is 3.65.